The highest BCUT2D eigenvalue weighted by molar-refractivity contribution is 6.55. The third-order valence-corrected chi connectivity index (χ3v) is 5.16. The first-order valence-electron chi connectivity index (χ1n) is 11.2. The van der Waals surface area contributed by atoms with Crippen LogP contribution in [0.5, 0.6) is 5.75 Å². The Kier molecular flexibility index (Phi) is 10.6. The number of aliphatic carboxylic acids is 2. The predicted molar refractivity (Wildman–Crippen MR) is 124 cm³/mol. The number of carboxylic acid groups (broad SMARTS) is 2. The summed E-state index contributed by atoms with van der Waals surface area (Å²) in [5.74, 6) is -6.36. The second-order valence-corrected chi connectivity index (χ2v) is 8.58. The zero-order valence-corrected chi connectivity index (χ0v) is 20.3. The molecule has 1 fully saturated rings. The van der Waals surface area contributed by atoms with Gasteiger partial charge in [-0.05, 0) is 31.5 Å². The maximum absolute atomic E-state index is 13.2. The molecule has 1 aliphatic heterocycles. The summed E-state index contributed by atoms with van der Waals surface area (Å²) in [6, 6.07) is 1.70. The van der Waals surface area contributed by atoms with E-state index in [1.807, 2.05) is 0 Å². The number of carboxylic acids is 2. The zero-order valence-electron chi connectivity index (χ0n) is 20.3. The molecule has 0 saturated carbocycles. The number of hydrogen-bond acceptors (Lipinski definition) is 11. The molecule has 0 aliphatic carbocycles. The van der Waals surface area contributed by atoms with E-state index in [1.54, 1.807) is 13.8 Å². The lowest BCUT2D eigenvalue weighted by atomic mass is 9.99. The summed E-state index contributed by atoms with van der Waals surface area (Å²) in [4.78, 5) is 59.3. The van der Waals surface area contributed by atoms with Gasteiger partial charge in [-0.2, -0.15) is 0 Å². The summed E-state index contributed by atoms with van der Waals surface area (Å²) in [6.45, 7) is 2.85. The van der Waals surface area contributed by atoms with E-state index in [9.17, 15) is 49.5 Å². The van der Waals surface area contributed by atoms with Gasteiger partial charge in [0.05, 0.1) is 12.0 Å². The Balaban J connectivity index is 2.42. The molecule has 0 spiro atoms. The summed E-state index contributed by atoms with van der Waals surface area (Å²) in [5, 5.41) is 53.3. The van der Waals surface area contributed by atoms with Crippen LogP contribution >= 0.6 is 0 Å². The molecule has 15 nitrogen and oxygen atoms in total. The number of nitrogens with one attached hydrogen (secondary N) is 2. The molecular weight excluding hydrogens is 511 g/mol. The minimum atomic E-state index is -1.99. The van der Waals surface area contributed by atoms with Crippen LogP contribution < -0.4 is 15.4 Å². The van der Waals surface area contributed by atoms with Gasteiger partial charge in [0, 0.05) is 6.04 Å². The smallest absolute Gasteiger partial charge is 0.335 e. The van der Waals surface area contributed by atoms with Crippen molar-refractivity contribution in [2.24, 2.45) is 0 Å². The third kappa shape index (κ3) is 8.14. The lowest BCUT2D eigenvalue weighted by Gasteiger charge is -2.38. The molecule has 2 rings (SSSR count). The van der Waals surface area contributed by atoms with Gasteiger partial charge in [0.15, 0.2) is 6.10 Å². The van der Waals surface area contributed by atoms with Gasteiger partial charge in [-0.15, -0.1) is 0 Å². The molecular formula is C22H27BN2O13. The summed E-state index contributed by atoms with van der Waals surface area (Å²) in [5.41, 5.74) is -0.168. The molecule has 38 heavy (non-hydrogen) atoms. The summed E-state index contributed by atoms with van der Waals surface area (Å²) in [6.07, 6.45) is -10.6. The highest BCUT2D eigenvalue weighted by Crippen LogP contribution is 2.28. The SMILES string of the molecule is [B]C(=O)OCc1ccc(O[C@@H]2O[C@H](C(=O)O)[C@@H](O)[C@H](O)[C@H]2O)c(C(=O)N[C@@H](CC(=O)O)C(=O)NC(C)C)c1. The summed E-state index contributed by atoms with van der Waals surface area (Å²) < 4.78 is 15.2. The van der Waals surface area contributed by atoms with Gasteiger partial charge in [-0.1, -0.05) is 6.07 Å². The van der Waals surface area contributed by atoms with E-state index >= 15 is 0 Å². The lowest BCUT2D eigenvalue weighted by molar-refractivity contribution is -0.271. The highest BCUT2D eigenvalue weighted by atomic mass is 16.7. The molecule has 0 aromatic heterocycles. The van der Waals surface area contributed by atoms with Crippen LogP contribution in [0.4, 0.5) is 4.79 Å². The number of carbonyl (C=O) groups is 5. The molecule has 16 heteroatoms. The number of aliphatic hydroxyl groups is 3. The molecule has 1 aromatic rings. The molecule has 6 atom stereocenters. The fourth-order valence-corrected chi connectivity index (χ4v) is 3.38. The van der Waals surface area contributed by atoms with E-state index < -0.39 is 79.4 Å². The van der Waals surface area contributed by atoms with Crippen LogP contribution in [-0.2, 0) is 30.5 Å². The van der Waals surface area contributed by atoms with Crippen molar-refractivity contribution in [3.63, 3.8) is 0 Å². The summed E-state index contributed by atoms with van der Waals surface area (Å²) in [7, 11) is 4.95. The second-order valence-electron chi connectivity index (χ2n) is 8.58. The third-order valence-electron chi connectivity index (χ3n) is 5.16. The lowest BCUT2D eigenvalue weighted by Crippen LogP contribution is -2.61. The van der Waals surface area contributed by atoms with Gasteiger partial charge in [-0.25, -0.2) is 4.79 Å². The van der Waals surface area contributed by atoms with Crippen LogP contribution in [0.25, 0.3) is 0 Å². The van der Waals surface area contributed by atoms with E-state index in [-0.39, 0.29) is 22.9 Å². The first kappa shape index (κ1) is 30.5. The van der Waals surface area contributed by atoms with Crippen LogP contribution in [0.2, 0.25) is 0 Å². The second kappa shape index (κ2) is 13.2. The van der Waals surface area contributed by atoms with E-state index in [0.717, 1.165) is 12.1 Å². The number of hydrogen-bond donors (Lipinski definition) is 7. The summed E-state index contributed by atoms with van der Waals surface area (Å²) >= 11 is 0. The monoisotopic (exact) mass is 538 g/mol. The van der Waals surface area contributed by atoms with Gasteiger partial charge < -0.3 is 50.4 Å². The molecule has 2 radical (unpaired) electrons. The fraction of sp³-hybridized carbons (Fsp3) is 0.500. The van der Waals surface area contributed by atoms with E-state index in [1.165, 1.54) is 6.07 Å². The fourth-order valence-electron chi connectivity index (χ4n) is 3.38. The maximum Gasteiger partial charge on any atom is 0.335 e. The van der Waals surface area contributed by atoms with Gasteiger partial charge in [0.2, 0.25) is 25.9 Å². The quantitative estimate of drug-likeness (QED) is 0.149. The first-order valence-corrected chi connectivity index (χ1v) is 11.2. The van der Waals surface area contributed by atoms with Gasteiger partial charge in [0.1, 0.15) is 36.7 Å². The Morgan fingerprint density at radius 3 is 2.24 bits per heavy atom. The van der Waals surface area contributed by atoms with Crippen molar-refractivity contribution in [1.82, 2.24) is 10.6 Å². The van der Waals surface area contributed by atoms with Crippen molar-refractivity contribution >= 4 is 37.5 Å². The van der Waals surface area contributed by atoms with Crippen LogP contribution in [0.15, 0.2) is 18.2 Å². The van der Waals surface area contributed by atoms with Crippen molar-refractivity contribution in [3.8, 4) is 5.75 Å². The zero-order chi connectivity index (χ0) is 28.7. The van der Waals surface area contributed by atoms with E-state index in [0.29, 0.717) is 0 Å². The van der Waals surface area contributed by atoms with Crippen LogP contribution in [0.3, 0.4) is 0 Å². The Labute approximate surface area is 217 Å². The molecule has 1 heterocycles. The molecule has 0 bridgehead atoms. The Bertz CT molecular complexity index is 1070. The normalized spacial score (nSPS) is 23.7. The number of carbonyl (C=O) groups excluding carboxylic acids is 3. The number of ether oxygens (including phenoxy) is 3. The van der Waals surface area contributed by atoms with Crippen molar-refractivity contribution < 1.29 is 63.7 Å². The first-order chi connectivity index (χ1) is 17.7. The maximum atomic E-state index is 13.2. The van der Waals surface area contributed by atoms with Crippen LogP contribution in [0, 0.1) is 0 Å². The minimum absolute atomic E-state index is 0.201. The van der Waals surface area contributed by atoms with Gasteiger partial charge in [-0.3, -0.25) is 19.2 Å². The Morgan fingerprint density at radius 2 is 1.68 bits per heavy atom. The molecule has 0 unspecified atom stereocenters. The number of aliphatic hydroxyl groups excluding tert-OH is 3. The minimum Gasteiger partial charge on any atom is -0.481 e. The van der Waals surface area contributed by atoms with Crippen molar-refractivity contribution in [2.75, 3.05) is 0 Å². The Hall–Kier alpha value is -3.73. The van der Waals surface area contributed by atoms with Crippen molar-refractivity contribution in [3.05, 3.63) is 29.3 Å². The van der Waals surface area contributed by atoms with Crippen molar-refractivity contribution in [1.29, 1.82) is 0 Å². The molecule has 2 amide bonds. The molecule has 206 valence electrons. The van der Waals surface area contributed by atoms with Crippen molar-refractivity contribution in [2.45, 2.75) is 69.7 Å². The van der Waals surface area contributed by atoms with Gasteiger partial charge in [0.25, 0.3) is 5.91 Å². The number of benzene rings is 1. The van der Waals surface area contributed by atoms with E-state index in [4.69, 9.17) is 17.3 Å². The van der Waals surface area contributed by atoms with Gasteiger partial charge >= 0.3 is 11.9 Å². The average molecular weight is 538 g/mol. The van der Waals surface area contributed by atoms with Crippen LogP contribution in [0.1, 0.15) is 36.2 Å². The molecule has 1 aliphatic rings. The van der Waals surface area contributed by atoms with Crippen LogP contribution in [-0.4, -0.2) is 106 Å². The number of rotatable bonds is 11. The molecule has 1 aromatic carbocycles. The molecule has 7 N–H and O–H groups in total. The Morgan fingerprint density at radius 1 is 1.03 bits per heavy atom. The standard InChI is InChI=1S/C22H27BN2O13/c1-8(2)24-19(32)11(6-13(26)27)25-18(31)10-5-9(7-36-22(23)35)3-4-12(10)37-21-16(30)14(28)15(29)17(38-21)20(33)34/h3-5,8,11,14-17,21,28-30H,6-7H2,1-2H3,(H,24,32)(H,25,31)(H,26,27)(H,33,34)/t11-,14-,15-,16+,17-,21+/m0/s1. The topological polar surface area (TPSA) is 238 Å². The highest BCUT2D eigenvalue weighted by Gasteiger charge is 2.48. The predicted octanol–water partition coefficient (Wildman–Crippen LogP) is -2.14. The average Bonchev–Trinajstić information content (AvgIpc) is 2.82. The van der Waals surface area contributed by atoms with E-state index in [2.05, 4.69) is 15.4 Å². The number of amides is 2. The largest absolute Gasteiger partial charge is 0.481 e. The molecule has 1 saturated heterocycles.